The van der Waals surface area contributed by atoms with Gasteiger partial charge in [0.05, 0.1) is 44.5 Å². The van der Waals surface area contributed by atoms with Gasteiger partial charge in [-0.2, -0.15) is 5.11 Å². The van der Waals surface area contributed by atoms with E-state index in [0.29, 0.717) is 48.6 Å². The van der Waals surface area contributed by atoms with E-state index in [4.69, 9.17) is 0 Å². The summed E-state index contributed by atoms with van der Waals surface area (Å²) in [4.78, 5) is 43.5. The molecule has 0 aliphatic heterocycles. The SMILES string of the molecule is CC(C)CCC[C@@H](C)[C@H]1CCC2[C@H](CCN=Nc3ccc([N+](=O)[O-])cc3[N+](=O)[O-])C([C@@]3(C)CC[C@H](O)C=C3NNc3ccc([N+](=O)[O-])cc3[N+](=O)[O-])CC[C@@]21C. The number of aliphatic hydroxyl groups excluding tert-OH is 1. The quantitative estimate of drug-likeness (QED) is 0.0775. The molecule has 56 heavy (non-hydrogen) atoms. The van der Waals surface area contributed by atoms with Gasteiger partial charge in [-0.1, -0.05) is 53.9 Å². The van der Waals surface area contributed by atoms with E-state index in [1.54, 1.807) is 6.08 Å². The van der Waals surface area contributed by atoms with E-state index in [1.807, 2.05) is 0 Å². The zero-order valence-electron chi connectivity index (χ0n) is 32.8. The van der Waals surface area contributed by atoms with Crippen molar-refractivity contribution in [1.82, 2.24) is 5.43 Å². The molecule has 0 radical (unpaired) electrons. The summed E-state index contributed by atoms with van der Waals surface area (Å²) in [5.74, 6) is 2.35. The van der Waals surface area contributed by atoms with Crippen molar-refractivity contribution in [2.24, 2.45) is 56.6 Å². The van der Waals surface area contributed by atoms with Crippen LogP contribution in [0.2, 0.25) is 0 Å². The molecule has 2 unspecified atom stereocenters. The fourth-order valence-corrected chi connectivity index (χ4v) is 10.3. The highest BCUT2D eigenvalue weighted by molar-refractivity contribution is 5.65. The number of rotatable bonds is 17. The lowest BCUT2D eigenvalue weighted by Crippen LogP contribution is -2.51. The Morgan fingerprint density at radius 2 is 1.46 bits per heavy atom. The van der Waals surface area contributed by atoms with E-state index in [0.717, 1.165) is 37.8 Å². The van der Waals surface area contributed by atoms with Gasteiger partial charge in [-0.25, -0.2) is 0 Å². The minimum absolute atomic E-state index is 0.0440. The van der Waals surface area contributed by atoms with Gasteiger partial charge >= 0.3 is 11.4 Å². The van der Waals surface area contributed by atoms with Crippen molar-refractivity contribution in [1.29, 1.82) is 0 Å². The number of nitrogens with one attached hydrogen (secondary N) is 2. The van der Waals surface area contributed by atoms with Crippen molar-refractivity contribution in [2.45, 2.75) is 105 Å². The van der Waals surface area contributed by atoms with Crippen molar-refractivity contribution in [3.8, 4) is 0 Å². The van der Waals surface area contributed by atoms with E-state index >= 15 is 0 Å². The molecule has 17 nitrogen and oxygen atoms in total. The van der Waals surface area contributed by atoms with Crippen LogP contribution in [0.3, 0.4) is 0 Å². The summed E-state index contributed by atoms with van der Waals surface area (Å²) >= 11 is 0. The predicted molar refractivity (Wildman–Crippen MR) is 210 cm³/mol. The summed E-state index contributed by atoms with van der Waals surface area (Å²) in [5, 5.41) is 65.7. The Morgan fingerprint density at radius 1 is 0.804 bits per heavy atom. The molecule has 2 saturated carbocycles. The third kappa shape index (κ3) is 8.98. The van der Waals surface area contributed by atoms with Gasteiger partial charge in [-0.3, -0.25) is 45.9 Å². The van der Waals surface area contributed by atoms with Crippen molar-refractivity contribution in [3.05, 3.63) is 88.6 Å². The van der Waals surface area contributed by atoms with Gasteiger partial charge in [-0.15, -0.1) is 5.11 Å². The molecule has 0 amide bonds. The second-order valence-electron chi connectivity index (χ2n) is 16.9. The Kier molecular flexibility index (Phi) is 13.1. The van der Waals surface area contributed by atoms with Crippen LogP contribution in [-0.2, 0) is 0 Å². The molecule has 2 fully saturated rings. The largest absolute Gasteiger partial charge is 0.389 e. The molecular weight excluding hydrogens is 724 g/mol. The summed E-state index contributed by atoms with van der Waals surface area (Å²) in [7, 11) is 0. The average molecular weight is 779 g/mol. The second-order valence-corrected chi connectivity index (χ2v) is 16.9. The maximum absolute atomic E-state index is 11.9. The number of benzene rings is 2. The van der Waals surface area contributed by atoms with Gasteiger partial charge in [-0.05, 0) is 104 Å². The second kappa shape index (κ2) is 17.4. The van der Waals surface area contributed by atoms with Gasteiger partial charge in [0.15, 0.2) is 5.69 Å². The first-order valence-electron chi connectivity index (χ1n) is 19.6. The fraction of sp³-hybridized carbons (Fsp3) is 0.641. The minimum Gasteiger partial charge on any atom is -0.389 e. The number of anilines is 1. The highest BCUT2D eigenvalue weighted by Crippen LogP contribution is 2.65. The first kappa shape index (κ1) is 42.1. The third-order valence-corrected chi connectivity index (χ3v) is 13.2. The number of hydrogen-bond donors (Lipinski definition) is 3. The molecule has 0 saturated heterocycles. The minimum atomic E-state index is -0.750. The number of nitro groups is 4. The molecule has 8 atom stereocenters. The molecule has 17 heteroatoms. The van der Waals surface area contributed by atoms with Crippen LogP contribution in [0, 0.1) is 86.8 Å². The van der Waals surface area contributed by atoms with Crippen LogP contribution in [0.5, 0.6) is 0 Å². The number of aliphatic hydroxyl groups is 1. The smallest absolute Gasteiger partial charge is 0.303 e. The topological polar surface area (TPSA) is 242 Å². The Labute approximate surface area is 326 Å². The third-order valence-electron chi connectivity index (χ3n) is 13.2. The van der Waals surface area contributed by atoms with Crippen LogP contribution >= 0.6 is 0 Å². The van der Waals surface area contributed by atoms with E-state index in [1.165, 1.54) is 43.5 Å². The number of fused-ring (bicyclic) bond motifs is 1. The van der Waals surface area contributed by atoms with E-state index < -0.39 is 54.0 Å². The maximum atomic E-state index is 11.9. The number of azo groups is 1. The van der Waals surface area contributed by atoms with Crippen molar-refractivity contribution < 1.29 is 24.8 Å². The lowest BCUT2D eigenvalue weighted by Gasteiger charge is -2.56. The monoisotopic (exact) mass is 778 g/mol. The highest BCUT2D eigenvalue weighted by atomic mass is 16.6. The molecule has 0 heterocycles. The van der Waals surface area contributed by atoms with Crippen molar-refractivity contribution >= 4 is 34.1 Å². The van der Waals surface area contributed by atoms with Gasteiger partial charge < -0.3 is 10.5 Å². The van der Waals surface area contributed by atoms with Gasteiger partial charge in [0.1, 0.15) is 5.69 Å². The molecular formula is C39H54N8O9. The normalized spacial score (nSPS) is 28.1. The number of nitro benzene ring substituents is 4. The molecule has 0 spiro atoms. The molecule has 5 rings (SSSR count). The zero-order valence-corrected chi connectivity index (χ0v) is 32.8. The van der Waals surface area contributed by atoms with Crippen LogP contribution in [-0.4, -0.2) is 37.4 Å². The Hall–Kier alpha value is -5.06. The molecule has 0 bridgehead atoms. The highest BCUT2D eigenvalue weighted by Gasteiger charge is 2.58. The van der Waals surface area contributed by atoms with Crippen LogP contribution in [0.1, 0.15) is 98.8 Å². The zero-order chi connectivity index (χ0) is 40.9. The fourth-order valence-electron chi connectivity index (χ4n) is 10.3. The molecule has 2 aromatic rings. The lowest BCUT2D eigenvalue weighted by molar-refractivity contribution is -0.393. The molecule has 3 aliphatic rings. The van der Waals surface area contributed by atoms with Gasteiger partial charge in [0, 0.05) is 23.2 Å². The standard InChI is InChI=1S/C39H54N8O9/c1-24(2)7-6-8-25(3)30-11-12-31-29(17-20-40-41-33-13-9-26(44(49)50)21-35(33)46(53)54)32(16-19-38(30,31)4)39(5)18-15-28(48)23-37(39)43-42-34-14-10-27(45(51)52)22-36(34)47(55)56/h9-10,13-14,21-25,28-32,42-43,48H,6-8,11-12,15-20H2,1-5H3/t25-,28+,29+,30-,31?,32?,38-,39-/m1/s1. The maximum Gasteiger partial charge on any atom is 0.303 e. The number of nitrogens with zero attached hydrogens (tertiary/aromatic N) is 6. The average Bonchev–Trinajstić information content (AvgIpc) is 3.50. The number of hydrazine groups is 1. The molecule has 3 aliphatic carbocycles. The van der Waals surface area contributed by atoms with Gasteiger partial charge in [0.2, 0.25) is 0 Å². The first-order chi connectivity index (χ1) is 26.5. The Balaban J connectivity index is 1.45. The van der Waals surface area contributed by atoms with Crippen LogP contribution < -0.4 is 10.9 Å². The summed E-state index contributed by atoms with van der Waals surface area (Å²) in [5.41, 5.74) is 4.59. The van der Waals surface area contributed by atoms with Crippen molar-refractivity contribution in [3.63, 3.8) is 0 Å². The number of hydrogen-bond acceptors (Lipinski definition) is 13. The Bertz CT molecular complexity index is 1870. The molecule has 304 valence electrons. The number of allylic oxidation sites excluding steroid dienone is 1. The molecule has 2 aromatic carbocycles. The summed E-state index contributed by atoms with van der Waals surface area (Å²) in [6, 6.07) is 6.68. The van der Waals surface area contributed by atoms with Crippen LogP contribution in [0.15, 0.2) is 58.4 Å². The summed E-state index contributed by atoms with van der Waals surface area (Å²) in [6.07, 6.45) is 10.4. The van der Waals surface area contributed by atoms with E-state index in [-0.39, 0.29) is 35.2 Å². The van der Waals surface area contributed by atoms with E-state index in [2.05, 4.69) is 55.7 Å². The number of non-ortho nitro benzene ring substituents is 2. The van der Waals surface area contributed by atoms with Crippen molar-refractivity contribution in [2.75, 3.05) is 12.0 Å². The molecule has 3 N–H and O–H groups in total. The summed E-state index contributed by atoms with van der Waals surface area (Å²) in [6.45, 7) is 11.8. The van der Waals surface area contributed by atoms with E-state index in [9.17, 15) is 45.6 Å². The lowest BCUT2D eigenvalue weighted by atomic mass is 9.50. The van der Waals surface area contributed by atoms with Gasteiger partial charge in [0.25, 0.3) is 11.4 Å². The first-order valence-corrected chi connectivity index (χ1v) is 19.6. The summed E-state index contributed by atoms with van der Waals surface area (Å²) < 4.78 is 0. The predicted octanol–water partition coefficient (Wildman–Crippen LogP) is 9.98. The van der Waals surface area contributed by atoms with Crippen LogP contribution in [0.25, 0.3) is 0 Å². The van der Waals surface area contributed by atoms with Crippen LogP contribution in [0.4, 0.5) is 34.1 Å². The Morgan fingerprint density at radius 3 is 2.11 bits per heavy atom. The molecule has 0 aromatic heterocycles.